The minimum absolute atomic E-state index is 0.00536. The number of rotatable bonds is 6. The highest BCUT2D eigenvalue weighted by molar-refractivity contribution is 7.99. The number of halogens is 1. The van der Waals surface area contributed by atoms with Crippen LogP contribution in [0.2, 0.25) is 5.02 Å². The number of anilines is 2. The summed E-state index contributed by atoms with van der Waals surface area (Å²) < 4.78 is 32.4. The molecule has 32 heavy (non-hydrogen) atoms. The van der Waals surface area contributed by atoms with E-state index >= 15 is 0 Å². The number of nitrogens with zero attached hydrogens (tertiary/aromatic N) is 3. The van der Waals surface area contributed by atoms with Gasteiger partial charge >= 0.3 is 0 Å². The van der Waals surface area contributed by atoms with E-state index in [9.17, 15) is 13.2 Å². The summed E-state index contributed by atoms with van der Waals surface area (Å²) in [6.45, 7) is 2.35. The Morgan fingerprint density at radius 2 is 2.03 bits per heavy atom. The van der Waals surface area contributed by atoms with Gasteiger partial charge in [-0.05, 0) is 37.3 Å². The van der Waals surface area contributed by atoms with E-state index in [0.717, 1.165) is 11.8 Å². The standard InChI is InChI=1S/C21H19ClN4O4S2/c1-3-30-17-7-5-4-6-15(17)24-19(27)12-31-21-23-11-18-20(25-21)14-10-13(22)8-9-16(14)26(2)32(18,28)29/h4-11H,3,12H2,1-2H3,(H,24,27). The summed E-state index contributed by atoms with van der Waals surface area (Å²) in [6, 6.07) is 12.1. The van der Waals surface area contributed by atoms with E-state index in [1.54, 1.807) is 36.4 Å². The molecular formula is C21H19ClN4O4S2. The van der Waals surface area contributed by atoms with Crippen LogP contribution >= 0.6 is 23.4 Å². The SMILES string of the molecule is CCOc1ccccc1NC(=O)CSc1ncc2c(n1)-c1cc(Cl)ccc1N(C)S2(=O)=O. The van der Waals surface area contributed by atoms with Gasteiger partial charge < -0.3 is 10.1 Å². The van der Waals surface area contributed by atoms with Crippen molar-refractivity contribution in [2.45, 2.75) is 17.0 Å². The van der Waals surface area contributed by atoms with Gasteiger partial charge in [0.2, 0.25) is 5.91 Å². The van der Waals surface area contributed by atoms with Crippen molar-refractivity contribution in [3.05, 3.63) is 53.7 Å². The molecule has 0 saturated carbocycles. The maximum atomic E-state index is 12.8. The van der Waals surface area contributed by atoms with E-state index < -0.39 is 10.0 Å². The van der Waals surface area contributed by atoms with Gasteiger partial charge in [-0.25, -0.2) is 18.4 Å². The fourth-order valence-corrected chi connectivity index (χ4v) is 5.31. The molecule has 11 heteroatoms. The van der Waals surface area contributed by atoms with Crippen LogP contribution < -0.4 is 14.4 Å². The Hall–Kier alpha value is -2.82. The lowest BCUT2D eigenvalue weighted by Crippen LogP contribution is -2.31. The number of carbonyl (C=O) groups is 1. The zero-order chi connectivity index (χ0) is 22.9. The number of hydrogen-bond donors (Lipinski definition) is 1. The number of carbonyl (C=O) groups excluding carboxylic acids is 1. The molecule has 1 aliphatic heterocycles. The van der Waals surface area contributed by atoms with Crippen LogP contribution in [0.1, 0.15) is 6.92 Å². The molecule has 166 valence electrons. The summed E-state index contributed by atoms with van der Waals surface area (Å²) in [6.07, 6.45) is 1.27. The summed E-state index contributed by atoms with van der Waals surface area (Å²) in [5.74, 6) is 0.356. The first-order valence-electron chi connectivity index (χ1n) is 9.61. The topological polar surface area (TPSA) is 101 Å². The Kier molecular flexibility index (Phi) is 6.27. The van der Waals surface area contributed by atoms with E-state index in [0.29, 0.717) is 34.3 Å². The Morgan fingerprint density at radius 3 is 2.81 bits per heavy atom. The average molecular weight is 491 g/mol. The molecule has 3 aromatic rings. The van der Waals surface area contributed by atoms with Crippen molar-refractivity contribution < 1.29 is 17.9 Å². The summed E-state index contributed by atoms with van der Waals surface area (Å²) in [4.78, 5) is 21.0. The first kappa shape index (κ1) is 22.4. The van der Waals surface area contributed by atoms with Crippen molar-refractivity contribution in [2.24, 2.45) is 0 Å². The highest BCUT2D eigenvalue weighted by Crippen LogP contribution is 2.42. The molecule has 0 saturated heterocycles. The summed E-state index contributed by atoms with van der Waals surface area (Å²) in [5, 5.41) is 3.55. The molecule has 1 amide bonds. The smallest absolute Gasteiger partial charge is 0.267 e. The quantitative estimate of drug-likeness (QED) is 0.410. The molecule has 0 atom stereocenters. The van der Waals surface area contributed by atoms with E-state index in [2.05, 4.69) is 15.3 Å². The molecule has 1 aliphatic rings. The number of thioether (sulfide) groups is 1. The number of aromatic nitrogens is 2. The maximum absolute atomic E-state index is 12.8. The number of fused-ring (bicyclic) bond motifs is 3. The molecule has 8 nitrogen and oxygen atoms in total. The first-order chi connectivity index (χ1) is 15.3. The van der Waals surface area contributed by atoms with Crippen molar-refractivity contribution in [2.75, 3.05) is 29.0 Å². The molecule has 0 spiro atoms. The van der Waals surface area contributed by atoms with E-state index in [4.69, 9.17) is 16.3 Å². The van der Waals surface area contributed by atoms with Gasteiger partial charge in [-0.3, -0.25) is 9.10 Å². The average Bonchev–Trinajstić information content (AvgIpc) is 2.77. The normalized spacial score (nSPS) is 13.8. The second-order valence-corrected chi connectivity index (χ2v) is 10.1. The molecule has 2 heterocycles. The fraction of sp³-hybridized carbons (Fsp3) is 0.190. The third kappa shape index (κ3) is 4.25. The summed E-state index contributed by atoms with van der Waals surface area (Å²) in [5.41, 5.74) is 1.90. The van der Waals surface area contributed by atoms with Crippen LogP contribution in [0.5, 0.6) is 5.75 Å². The van der Waals surface area contributed by atoms with Crippen LogP contribution in [-0.4, -0.2) is 43.7 Å². The lowest BCUT2D eigenvalue weighted by molar-refractivity contribution is -0.113. The van der Waals surface area contributed by atoms with Crippen molar-refractivity contribution in [1.82, 2.24) is 9.97 Å². The Balaban J connectivity index is 1.56. The predicted molar refractivity (Wildman–Crippen MR) is 125 cm³/mol. The molecule has 1 N–H and O–H groups in total. The number of benzene rings is 2. The van der Waals surface area contributed by atoms with Gasteiger partial charge in [0.15, 0.2) is 5.16 Å². The van der Waals surface area contributed by atoms with Crippen molar-refractivity contribution in [3.8, 4) is 17.0 Å². The molecular weight excluding hydrogens is 472 g/mol. The molecule has 2 aromatic carbocycles. The number of para-hydroxylation sites is 2. The van der Waals surface area contributed by atoms with Crippen molar-refractivity contribution in [3.63, 3.8) is 0 Å². The second-order valence-electron chi connectivity index (χ2n) is 6.77. The molecule has 0 radical (unpaired) electrons. The van der Waals surface area contributed by atoms with Crippen molar-refractivity contribution in [1.29, 1.82) is 0 Å². The molecule has 4 rings (SSSR count). The molecule has 0 unspecified atom stereocenters. The summed E-state index contributed by atoms with van der Waals surface area (Å²) in [7, 11) is -2.31. The lowest BCUT2D eigenvalue weighted by Gasteiger charge is -2.28. The van der Waals surface area contributed by atoms with Crippen LogP contribution in [0.25, 0.3) is 11.3 Å². The zero-order valence-electron chi connectivity index (χ0n) is 17.2. The van der Waals surface area contributed by atoms with Crippen LogP contribution in [-0.2, 0) is 14.8 Å². The largest absolute Gasteiger partial charge is 0.492 e. The van der Waals surface area contributed by atoms with Gasteiger partial charge in [-0.2, -0.15) is 0 Å². The van der Waals surface area contributed by atoms with Gasteiger partial charge in [-0.15, -0.1) is 0 Å². The molecule has 0 bridgehead atoms. The minimum Gasteiger partial charge on any atom is -0.492 e. The van der Waals surface area contributed by atoms with Gasteiger partial charge in [0.25, 0.3) is 10.0 Å². The number of nitrogens with one attached hydrogen (secondary N) is 1. The van der Waals surface area contributed by atoms with E-state index in [1.807, 2.05) is 13.0 Å². The number of hydrogen-bond acceptors (Lipinski definition) is 7. The molecule has 0 aliphatic carbocycles. The van der Waals surface area contributed by atoms with Crippen LogP contribution in [0.15, 0.2) is 58.7 Å². The number of ether oxygens (including phenoxy) is 1. The highest BCUT2D eigenvalue weighted by Gasteiger charge is 2.34. The van der Waals surface area contributed by atoms with Crippen molar-refractivity contribution >= 4 is 50.7 Å². The molecule has 1 aromatic heterocycles. The maximum Gasteiger partial charge on any atom is 0.267 e. The van der Waals surface area contributed by atoms with Crippen LogP contribution in [0.4, 0.5) is 11.4 Å². The third-order valence-electron chi connectivity index (χ3n) is 4.72. The lowest BCUT2D eigenvalue weighted by atomic mass is 10.1. The number of sulfonamides is 1. The monoisotopic (exact) mass is 490 g/mol. The van der Waals surface area contributed by atoms with E-state index in [-0.39, 0.29) is 27.4 Å². The second kappa shape index (κ2) is 8.97. The van der Waals surface area contributed by atoms with Crippen LogP contribution in [0.3, 0.4) is 0 Å². The van der Waals surface area contributed by atoms with Gasteiger partial charge in [0.05, 0.1) is 35.6 Å². The Bertz CT molecular complexity index is 1300. The van der Waals surface area contributed by atoms with Gasteiger partial charge in [0.1, 0.15) is 10.6 Å². The fourth-order valence-electron chi connectivity index (χ4n) is 3.22. The van der Waals surface area contributed by atoms with E-state index in [1.165, 1.54) is 17.5 Å². The Morgan fingerprint density at radius 1 is 1.25 bits per heavy atom. The first-order valence-corrected chi connectivity index (χ1v) is 12.4. The predicted octanol–water partition coefficient (Wildman–Crippen LogP) is 4.07. The zero-order valence-corrected chi connectivity index (χ0v) is 19.6. The third-order valence-corrected chi connectivity index (χ3v) is 7.59. The Labute approximate surface area is 195 Å². The highest BCUT2D eigenvalue weighted by atomic mass is 35.5. The minimum atomic E-state index is -3.78. The van der Waals surface area contributed by atoms with Gasteiger partial charge in [0, 0.05) is 17.6 Å². The summed E-state index contributed by atoms with van der Waals surface area (Å²) >= 11 is 7.24. The van der Waals surface area contributed by atoms with Crippen LogP contribution in [0, 0.1) is 0 Å². The van der Waals surface area contributed by atoms with Gasteiger partial charge in [-0.1, -0.05) is 35.5 Å². The number of amides is 1. The molecule has 0 fully saturated rings.